The van der Waals surface area contributed by atoms with E-state index in [9.17, 15) is 35.9 Å². The number of hydrogen-bond donors (Lipinski definition) is 3. The average Bonchev–Trinajstić information content (AvgIpc) is 3.38. The van der Waals surface area contributed by atoms with E-state index in [0.29, 0.717) is 44.2 Å². The molecule has 4 rings (SSSR count). The number of carbonyl (C=O) groups excluding carboxylic acids is 2. The Morgan fingerprint density at radius 2 is 1.47 bits per heavy atom. The Balaban J connectivity index is 1.24. The molecule has 2 aromatic rings. The second kappa shape index (κ2) is 11.3. The van der Waals surface area contributed by atoms with Crippen LogP contribution in [0.4, 0.5) is 26.3 Å². The maximum Gasteiger partial charge on any atom is 0.416 e. The molecule has 0 aromatic heterocycles. The summed E-state index contributed by atoms with van der Waals surface area (Å²) in [6, 6.07) is 10.6. The average molecular weight is 542 g/mol. The van der Waals surface area contributed by atoms with Crippen molar-refractivity contribution >= 4 is 11.8 Å². The van der Waals surface area contributed by atoms with Gasteiger partial charge in [-0.2, -0.15) is 26.3 Å². The van der Waals surface area contributed by atoms with Gasteiger partial charge in [-0.3, -0.25) is 9.59 Å². The summed E-state index contributed by atoms with van der Waals surface area (Å²) in [6.45, 7) is 0.852. The van der Waals surface area contributed by atoms with Gasteiger partial charge in [-0.25, -0.2) is 0 Å². The van der Waals surface area contributed by atoms with Crippen LogP contribution in [0.2, 0.25) is 0 Å². The third-order valence-electron chi connectivity index (χ3n) is 7.31. The number of hydrogen-bond acceptors (Lipinski definition) is 3. The van der Waals surface area contributed by atoms with Crippen molar-refractivity contribution < 1.29 is 35.9 Å². The Morgan fingerprint density at radius 1 is 0.868 bits per heavy atom. The molecule has 0 radical (unpaired) electrons. The van der Waals surface area contributed by atoms with E-state index >= 15 is 0 Å². The molecule has 38 heavy (non-hydrogen) atoms. The molecule has 1 saturated carbocycles. The molecule has 0 bridgehead atoms. The second-order valence-corrected chi connectivity index (χ2v) is 10.0. The number of carbonyl (C=O) groups is 2. The molecule has 3 N–H and O–H groups in total. The third kappa shape index (κ3) is 7.06. The quantitative estimate of drug-likeness (QED) is 0.437. The Bertz CT molecular complexity index is 1100. The first-order valence-corrected chi connectivity index (χ1v) is 12.6. The van der Waals surface area contributed by atoms with Crippen molar-refractivity contribution in [3.8, 4) is 0 Å². The van der Waals surface area contributed by atoms with Crippen molar-refractivity contribution in [1.29, 1.82) is 0 Å². The molecule has 1 heterocycles. The van der Waals surface area contributed by atoms with E-state index in [0.717, 1.165) is 6.54 Å². The van der Waals surface area contributed by atoms with E-state index in [1.54, 1.807) is 0 Å². The number of alkyl halides is 6. The zero-order valence-corrected chi connectivity index (χ0v) is 20.5. The molecule has 206 valence electrons. The molecular formula is C27H29F6N3O2. The van der Waals surface area contributed by atoms with Crippen LogP contribution in [0.3, 0.4) is 0 Å². The molecule has 5 nitrogen and oxygen atoms in total. The Hall–Kier alpha value is -3.08. The van der Waals surface area contributed by atoms with Crippen molar-refractivity contribution in [3.63, 3.8) is 0 Å². The topological polar surface area (TPSA) is 70.2 Å². The maximum absolute atomic E-state index is 13.1. The highest BCUT2D eigenvalue weighted by atomic mass is 19.4. The van der Waals surface area contributed by atoms with Gasteiger partial charge in [0.05, 0.1) is 17.2 Å². The highest BCUT2D eigenvalue weighted by molar-refractivity contribution is 5.94. The van der Waals surface area contributed by atoms with E-state index in [2.05, 4.69) is 28.1 Å². The number of nitrogens with one attached hydrogen (secondary N) is 3. The van der Waals surface area contributed by atoms with Crippen LogP contribution in [0.25, 0.3) is 0 Å². The molecule has 2 aromatic carbocycles. The summed E-state index contributed by atoms with van der Waals surface area (Å²) < 4.78 is 78.4. The van der Waals surface area contributed by atoms with Gasteiger partial charge in [-0.1, -0.05) is 30.3 Å². The summed E-state index contributed by atoms with van der Waals surface area (Å²) in [4.78, 5) is 25.2. The lowest BCUT2D eigenvalue weighted by Gasteiger charge is -2.30. The van der Waals surface area contributed by atoms with Gasteiger partial charge in [0.2, 0.25) is 5.91 Å². The van der Waals surface area contributed by atoms with E-state index in [-0.39, 0.29) is 42.4 Å². The Labute approximate surface area is 216 Å². The molecule has 0 unspecified atom stereocenters. The SMILES string of the molecule is O=C(NCC1CCC(NC(=O)[C@@H]2C[C@@H](c3ccccc3)CN2)CC1)c1cc(C(F)(F)F)cc(C(F)(F)F)c1. The van der Waals surface area contributed by atoms with Gasteiger partial charge >= 0.3 is 12.4 Å². The minimum Gasteiger partial charge on any atom is -0.352 e. The lowest BCUT2D eigenvalue weighted by molar-refractivity contribution is -0.143. The number of benzene rings is 2. The van der Waals surface area contributed by atoms with Crippen molar-refractivity contribution in [2.24, 2.45) is 5.92 Å². The van der Waals surface area contributed by atoms with Gasteiger partial charge in [-0.05, 0) is 67.7 Å². The summed E-state index contributed by atoms with van der Waals surface area (Å²) in [5, 5.41) is 8.84. The van der Waals surface area contributed by atoms with Gasteiger partial charge in [0, 0.05) is 24.7 Å². The summed E-state index contributed by atoms with van der Waals surface area (Å²) in [5.74, 6) is -0.759. The van der Waals surface area contributed by atoms with Gasteiger partial charge < -0.3 is 16.0 Å². The van der Waals surface area contributed by atoms with E-state index in [1.807, 2.05) is 18.2 Å². The largest absolute Gasteiger partial charge is 0.416 e. The first kappa shape index (κ1) is 27.9. The molecule has 2 fully saturated rings. The van der Waals surface area contributed by atoms with Gasteiger partial charge in [0.15, 0.2) is 0 Å². The molecule has 11 heteroatoms. The van der Waals surface area contributed by atoms with Crippen LogP contribution in [0.5, 0.6) is 0 Å². The summed E-state index contributed by atoms with van der Waals surface area (Å²) >= 11 is 0. The number of rotatable bonds is 6. The normalized spacial score (nSPS) is 24.2. The molecule has 1 saturated heterocycles. The maximum atomic E-state index is 13.1. The van der Waals surface area contributed by atoms with Crippen LogP contribution < -0.4 is 16.0 Å². The molecule has 2 aliphatic rings. The smallest absolute Gasteiger partial charge is 0.352 e. The van der Waals surface area contributed by atoms with Crippen molar-refractivity contribution in [1.82, 2.24) is 16.0 Å². The molecule has 2 amide bonds. The fourth-order valence-electron chi connectivity index (χ4n) is 5.15. The number of halogens is 6. The molecular weight excluding hydrogens is 512 g/mol. The Kier molecular flexibility index (Phi) is 8.34. The van der Waals surface area contributed by atoms with Crippen LogP contribution in [-0.2, 0) is 17.1 Å². The minimum atomic E-state index is -5.02. The predicted octanol–water partition coefficient (Wildman–Crippen LogP) is 5.27. The first-order chi connectivity index (χ1) is 17.9. The van der Waals surface area contributed by atoms with Crippen molar-refractivity contribution in [2.75, 3.05) is 13.1 Å². The van der Waals surface area contributed by atoms with Gasteiger partial charge in [0.1, 0.15) is 0 Å². The minimum absolute atomic E-state index is 0.00470. The molecule has 1 aliphatic heterocycles. The molecule has 2 atom stereocenters. The predicted molar refractivity (Wildman–Crippen MR) is 128 cm³/mol. The van der Waals surface area contributed by atoms with E-state index in [4.69, 9.17) is 0 Å². The molecule has 0 spiro atoms. The fourth-order valence-corrected chi connectivity index (χ4v) is 5.15. The monoisotopic (exact) mass is 541 g/mol. The fraction of sp³-hybridized carbons (Fsp3) is 0.481. The van der Waals surface area contributed by atoms with E-state index in [1.165, 1.54) is 5.56 Å². The van der Waals surface area contributed by atoms with Crippen LogP contribution in [0.1, 0.15) is 65.1 Å². The zero-order chi connectivity index (χ0) is 27.5. The zero-order valence-electron chi connectivity index (χ0n) is 20.5. The second-order valence-electron chi connectivity index (χ2n) is 10.0. The van der Waals surface area contributed by atoms with Gasteiger partial charge in [0.25, 0.3) is 5.91 Å². The lowest BCUT2D eigenvalue weighted by Crippen LogP contribution is -2.46. The standard InChI is InChI=1S/C27H29F6N3O2/c28-26(29,30)20-10-18(11-21(13-20)27(31,32)33)24(37)35-14-16-6-8-22(9-7-16)36-25(38)23-12-19(15-34-23)17-4-2-1-3-5-17/h1-5,10-11,13,16,19,22-23,34H,6-9,12,14-15H2,(H,35,37)(H,36,38)/t16?,19-,22?,23+/m1/s1. The molecule has 1 aliphatic carbocycles. The van der Waals surface area contributed by atoms with Crippen LogP contribution in [0.15, 0.2) is 48.5 Å². The number of amides is 2. The van der Waals surface area contributed by atoms with Crippen LogP contribution in [-0.4, -0.2) is 37.0 Å². The van der Waals surface area contributed by atoms with Crippen LogP contribution in [0, 0.1) is 5.92 Å². The summed E-state index contributed by atoms with van der Waals surface area (Å²) in [5.41, 5.74) is -2.55. The van der Waals surface area contributed by atoms with Crippen LogP contribution >= 0.6 is 0 Å². The lowest BCUT2D eigenvalue weighted by atomic mass is 9.85. The highest BCUT2D eigenvalue weighted by Crippen LogP contribution is 2.36. The first-order valence-electron chi connectivity index (χ1n) is 12.6. The van der Waals surface area contributed by atoms with Crippen molar-refractivity contribution in [2.45, 2.75) is 62.5 Å². The van der Waals surface area contributed by atoms with Crippen molar-refractivity contribution in [3.05, 3.63) is 70.8 Å². The Morgan fingerprint density at radius 3 is 2.05 bits per heavy atom. The highest BCUT2D eigenvalue weighted by Gasteiger charge is 2.38. The summed E-state index contributed by atoms with van der Waals surface area (Å²) in [6.07, 6.45) is -6.67. The van der Waals surface area contributed by atoms with Gasteiger partial charge in [-0.15, -0.1) is 0 Å². The summed E-state index contributed by atoms with van der Waals surface area (Å²) in [7, 11) is 0. The van der Waals surface area contributed by atoms with E-state index < -0.39 is 35.0 Å². The third-order valence-corrected chi connectivity index (χ3v) is 7.31.